The van der Waals surface area contributed by atoms with Crippen LogP contribution in [0.25, 0.3) is 9.69 Å². The summed E-state index contributed by atoms with van der Waals surface area (Å²) in [6.07, 6.45) is 0.775. The van der Waals surface area contributed by atoms with Crippen LogP contribution >= 0.6 is 0 Å². The zero-order chi connectivity index (χ0) is 33.0. The van der Waals surface area contributed by atoms with Crippen LogP contribution in [0.5, 0.6) is 0 Å². The molecule has 0 saturated carbocycles. The van der Waals surface area contributed by atoms with Crippen molar-refractivity contribution in [1.82, 2.24) is 19.7 Å². The topological polar surface area (TPSA) is 211 Å². The summed E-state index contributed by atoms with van der Waals surface area (Å²) in [5.74, 6) is 0.984. The Hall–Kier alpha value is -5.11. The quantitative estimate of drug-likeness (QED) is 0.119. The molecule has 0 aliphatic heterocycles. The van der Waals surface area contributed by atoms with Crippen molar-refractivity contribution in [3.05, 3.63) is 113 Å². The lowest BCUT2D eigenvalue weighted by molar-refractivity contribution is 0.483. The van der Waals surface area contributed by atoms with Crippen molar-refractivity contribution in [1.29, 1.82) is 0 Å². The second-order valence-electron chi connectivity index (χ2n) is 8.86. The molecule has 0 amide bonds. The molecule has 3 aromatic carbocycles. The van der Waals surface area contributed by atoms with Crippen molar-refractivity contribution in [3.63, 3.8) is 0 Å². The second kappa shape index (κ2) is 15.6. The number of nitrogens with one attached hydrogen (secondary N) is 2. The molecule has 0 unspecified atom stereocenters. The van der Waals surface area contributed by atoms with Gasteiger partial charge in [-0.1, -0.05) is 42.5 Å². The first kappa shape index (κ1) is 34.4. The van der Waals surface area contributed by atoms with Crippen LogP contribution in [0.4, 0.5) is 23.0 Å². The van der Waals surface area contributed by atoms with Gasteiger partial charge in [0.1, 0.15) is 11.6 Å². The van der Waals surface area contributed by atoms with Crippen LogP contribution in [0.15, 0.2) is 82.6 Å². The SMILES string of the molecule is O=S(=O)=O.[C-]#[N+]c1ccc(S(=O)(=O)NCCCc2nc(Cc3cccc(S(=O)(=O)O)c3)nc(Nc3ccccc3)n2)cc1[N+]#[C-]. The Morgan fingerprint density at radius 3 is 2.09 bits per heavy atom. The molecule has 0 saturated heterocycles. The van der Waals surface area contributed by atoms with Crippen LogP contribution < -0.4 is 10.0 Å². The number of benzene rings is 3. The number of anilines is 2. The first-order chi connectivity index (χ1) is 21.3. The molecule has 1 aromatic heterocycles. The van der Waals surface area contributed by atoms with Gasteiger partial charge in [-0.2, -0.15) is 18.4 Å². The van der Waals surface area contributed by atoms with Gasteiger partial charge in [0.25, 0.3) is 10.1 Å². The fourth-order valence-corrected chi connectivity index (χ4v) is 5.40. The van der Waals surface area contributed by atoms with Crippen LogP contribution in [0, 0.1) is 13.1 Å². The molecule has 1 heterocycles. The fraction of sp³-hybridized carbons (Fsp3) is 0.148. The Morgan fingerprint density at radius 2 is 1.44 bits per heavy atom. The van der Waals surface area contributed by atoms with Gasteiger partial charge in [-0.3, -0.25) is 14.2 Å². The van der Waals surface area contributed by atoms with Crippen molar-refractivity contribution in [2.24, 2.45) is 0 Å². The van der Waals surface area contributed by atoms with Gasteiger partial charge in [-0.05, 0) is 42.3 Å². The predicted octanol–water partition coefficient (Wildman–Crippen LogP) is 3.46. The Morgan fingerprint density at radius 1 is 0.778 bits per heavy atom. The van der Waals surface area contributed by atoms with Gasteiger partial charge in [0.2, 0.25) is 16.0 Å². The summed E-state index contributed by atoms with van der Waals surface area (Å²) in [6, 6.07) is 18.8. The number of sulfonamides is 1. The lowest BCUT2D eigenvalue weighted by atomic mass is 10.1. The monoisotopic (exact) mass is 669 g/mol. The summed E-state index contributed by atoms with van der Waals surface area (Å²) in [5, 5.41) is 3.11. The molecule has 18 heteroatoms. The Balaban J connectivity index is 0.00000130. The number of aryl methyl sites for hydroxylation is 1. The van der Waals surface area contributed by atoms with E-state index in [4.69, 9.17) is 25.8 Å². The van der Waals surface area contributed by atoms with E-state index in [9.17, 15) is 21.4 Å². The Bertz CT molecular complexity index is 2090. The van der Waals surface area contributed by atoms with Crippen molar-refractivity contribution < 1.29 is 34.0 Å². The molecule has 4 aromatic rings. The maximum Gasteiger partial charge on any atom is 0.425 e. The van der Waals surface area contributed by atoms with Crippen molar-refractivity contribution in [3.8, 4) is 0 Å². The maximum atomic E-state index is 12.7. The van der Waals surface area contributed by atoms with E-state index in [2.05, 4.69) is 34.7 Å². The van der Waals surface area contributed by atoms with Gasteiger partial charge >= 0.3 is 10.6 Å². The summed E-state index contributed by atoms with van der Waals surface area (Å²) in [5.41, 5.74) is 1.33. The highest BCUT2D eigenvalue weighted by Crippen LogP contribution is 2.30. The summed E-state index contributed by atoms with van der Waals surface area (Å²) >= 11 is 0. The molecule has 0 aliphatic rings. The minimum Gasteiger partial charge on any atom is -0.324 e. The predicted molar refractivity (Wildman–Crippen MR) is 161 cm³/mol. The summed E-state index contributed by atoms with van der Waals surface area (Å²) in [4.78, 5) is 19.5. The number of para-hydroxylation sites is 1. The summed E-state index contributed by atoms with van der Waals surface area (Å²) in [6.45, 7) is 14.3. The van der Waals surface area contributed by atoms with Crippen molar-refractivity contribution >= 4 is 53.8 Å². The fourth-order valence-electron chi connectivity index (χ4n) is 3.76. The van der Waals surface area contributed by atoms with Gasteiger partial charge in [0, 0.05) is 25.1 Å². The van der Waals surface area contributed by atoms with E-state index in [-0.39, 0.29) is 46.5 Å². The number of hydrogen-bond donors (Lipinski definition) is 3. The third kappa shape index (κ3) is 10.8. The van der Waals surface area contributed by atoms with E-state index in [1.165, 1.54) is 36.4 Å². The lowest BCUT2D eigenvalue weighted by Gasteiger charge is -2.10. The highest BCUT2D eigenvalue weighted by Gasteiger charge is 2.17. The van der Waals surface area contributed by atoms with E-state index in [1.54, 1.807) is 6.07 Å². The molecule has 232 valence electrons. The first-order valence-corrected chi connectivity index (χ1v) is 16.5. The molecule has 3 N–H and O–H groups in total. The van der Waals surface area contributed by atoms with Crippen LogP contribution in [0.3, 0.4) is 0 Å². The molecule has 15 nitrogen and oxygen atoms in total. The minimum absolute atomic E-state index is 0.0406. The molecule has 0 atom stereocenters. The average molecular weight is 670 g/mol. The second-order valence-corrected chi connectivity index (χ2v) is 12.5. The highest BCUT2D eigenvalue weighted by molar-refractivity contribution is 7.89. The third-order valence-electron chi connectivity index (χ3n) is 5.68. The Kier molecular flexibility index (Phi) is 11.9. The van der Waals surface area contributed by atoms with Gasteiger partial charge in [-0.25, -0.2) is 18.1 Å². The molecule has 0 bridgehead atoms. The normalized spacial score (nSPS) is 10.9. The van der Waals surface area contributed by atoms with E-state index >= 15 is 0 Å². The summed E-state index contributed by atoms with van der Waals surface area (Å²) < 4.78 is 85.7. The third-order valence-corrected chi connectivity index (χ3v) is 7.99. The number of rotatable bonds is 11. The molecule has 45 heavy (non-hydrogen) atoms. The van der Waals surface area contributed by atoms with Crippen LogP contribution in [-0.4, -0.2) is 55.5 Å². The van der Waals surface area contributed by atoms with Crippen LogP contribution in [0.2, 0.25) is 0 Å². The molecule has 0 spiro atoms. The van der Waals surface area contributed by atoms with Crippen LogP contribution in [0.1, 0.15) is 23.6 Å². The van der Waals surface area contributed by atoms with E-state index in [0.29, 0.717) is 23.6 Å². The average Bonchev–Trinajstić information content (AvgIpc) is 2.99. The zero-order valence-electron chi connectivity index (χ0n) is 23.0. The van der Waals surface area contributed by atoms with Crippen molar-refractivity contribution in [2.75, 3.05) is 11.9 Å². The van der Waals surface area contributed by atoms with Gasteiger partial charge in [0.15, 0.2) is 11.4 Å². The van der Waals surface area contributed by atoms with Gasteiger partial charge < -0.3 is 5.32 Å². The minimum atomic E-state index is -4.38. The summed E-state index contributed by atoms with van der Waals surface area (Å²) in [7, 11) is -11.4. The molecular weight excluding hydrogens is 647 g/mol. The standard InChI is InChI=1S/C27H23N7O5S2.O3S/c1-28-23-14-13-21(18-24(23)29-2)40(35,36)30-15-7-12-25-32-26(17-19-8-6-11-22(16-19)41(37,38)39)34-27(33-25)31-20-9-4-3-5-10-20;1-4(2)3/h3-6,8-11,13-14,16,18,30H,7,12,15,17H2,(H,37,38,39)(H,31,32,33,34);. The highest BCUT2D eigenvalue weighted by atomic mass is 32.2. The zero-order valence-corrected chi connectivity index (χ0v) is 25.5. The van der Waals surface area contributed by atoms with Crippen LogP contribution in [-0.2, 0) is 43.6 Å². The number of aromatic nitrogens is 3. The molecule has 4 rings (SSSR count). The van der Waals surface area contributed by atoms with Gasteiger partial charge in [0.05, 0.1) is 22.9 Å². The molecule has 0 radical (unpaired) electrons. The molecule has 0 fully saturated rings. The maximum absolute atomic E-state index is 12.7. The number of nitrogens with zero attached hydrogens (tertiary/aromatic N) is 5. The number of hydrogen-bond acceptors (Lipinski definition) is 11. The van der Waals surface area contributed by atoms with Crippen molar-refractivity contribution in [2.45, 2.75) is 29.1 Å². The molecule has 0 aliphatic carbocycles. The van der Waals surface area contributed by atoms with Gasteiger partial charge in [-0.15, -0.1) is 12.6 Å². The Labute approximate surface area is 260 Å². The van der Waals surface area contributed by atoms with E-state index < -0.39 is 30.8 Å². The lowest BCUT2D eigenvalue weighted by Crippen LogP contribution is -2.25. The first-order valence-electron chi connectivity index (χ1n) is 12.6. The largest absolute Gasteiger partial charge is 0.425 e. The molecular formula is C27H23N7O8S3. The van der Waals surface area contributed by atoms with E-state index in [1.807, 2.05) is 30.3 Å². The smallest absolute Gasteiger partial charge is 0.324 e. The van der Waals surface area contributed by atoms with E-state index in [0.717, 1.165) is 5.69 Å².